The first-order chi connectivity index (χ1) is 8.04. The maximum atomic E-state index is 11.8. The molecule has 0 spiro atoms. The molecule has 0 aromatic rings. The molecule has 0 radical (unpaired) electrons. The average Bonchev–Trinajstić information content (AvgIpc) is 2.57. The zero-order chi connectivity index (χ0) is 12.6. The fraction of sp³-hybridized carbons (Fsp3) is 0.545. The van der Waals surface area contributed by atoms with Crippen LogP contribution in [0.15, 0.2) is 22.6 Å². The summed E-state index contributed by atoms with van der Waals surface area (Å²) >= 11 is 3.49. The van der Waals surface area contributed by atoms with Crippen LogP contribution in [0.4, 0.5) is 0 Å². The Morgan fingerprint density at radius 2 is 2.29 bits per heavy atom. The molecule has 0 aromatic carbocycles. The molecule has 2 heterocycles. The highest BCUT2D eigenvalue weighted by Gasteiger charge is 2.37. The van der Waals surface area contributed by atoms with Crippen LogP contribution in [0.25, 0.3) is 0 Å². The molecule has 5 nitrogen and oxygen atoms in total. The maximum Gasteiger partial charge on any atom is 0.329 e. The molecule has 94 valence electrons. The first-order valence-electron chi connectivity index (χ1n) is 5.52. The topological polar surface area (TPSA) is 36.0 Å². The number of nitrogens with zero attached hydrogens (tertiary/aromatic N) is 3. The number of fused-ring (bicyclic) bond motifs is 1. The van der Waals surface area contributed by atoms with Gasteiger partial charge in [0, 0.05) is 24.8 Å². The van der Waals surface area contributed by atoms with E-state index in [1.807, 2.05) is 43.3 Å². The van der Waals surface area contributed by atoms with Gasteiger partial charge in [0.1, 0.15) is 11.9 Å². The molecule has 6 heteroatoms. The van der Waals surface area contributed by atoms with Gasteiger partial charge in [-0.1, -0.05) is 15.9 Å². The summed E-state index contributed by atoms with van der Waals surface area (Å²) in [5.74, 6) is 0.795. The van der Waals surface area contributed by atoms with Gasteiger partial charge in [-0.2, -0.15) is 0 Å². The number of esters is 1. The van der Waals surface area contributed by atoms with Crippen molar-refractivity contribution >= 4 is 21.9 Å². The Hall–Kier alpha value is -1.01. The third-order valence-electron chi connectivity index (χ3n) is 2.85. The van der Waals surface area contributed by atoms with Gasteiger partial charge in [0.2, 0.25) is 0 Å². The zero-order valence-electron chi connectivity index (χ0n) is 10.2. The molecule has 0 aliphatic carbocycles. The number of ether oxygens (including phenoxy) is 1. The predicted molar refractivity (Wildman–Crippen MR) is 67.7 cm³/mol. The maximum absolute atomic E-state index is 11.8. The van der Waals surface area contributed by atoms with Crippen LogP contribution < -0.4 is 0 Å². The summed E-state index contributed by atoms with van der Waals surface area (Å²) in [4.78, 5) is 13.9. The second kappa shape index (κ2) is 4.70. The van der Waals surface area contributed by atoms with Gasteiger partial charge in [-0.15, -0.1) is 0 Å². The number of hydrazine groups is 1. The lowest BCUT2D eigenvalue weighted by molar-refractivity contribution is -0.149. The van der Waals surface area contributed by atoms with Gasteiger partial charge in [0.15, 0.2) is 0 Å². The molecule has 1 unspecified atom stereocenters. The third kappa shape index (κ3) is 2.19. The van der Waals surface area contributed by atoms with Crippen LogP contribution in [0.3, 0.4) is 0 Å². The van der Waals surface area contributed by atoms with Gasteiger partial charge < -0.3 is 9.64 Å². The SMILES string of the molecule is CCOC(=O)C1C=C2N(C)CC(Br)=CN2N1C. The summed E-state index contributed by atoms with van der Waals surface area (Å²) < 4.78 is 6.14. The van der Waals surface area contributed by atoms with E-state index >= 15 is 0 Å². The fourth-order valence-electron chi connectivity index (χ4n) is 2.01. The minimum atomic E-state index is -0.345. The van der Waals surface area contributed by atoms with Crippen LogP contribution in [-0.2, 0) is 9.53 Å². The lowest BCUT2D eigenvalue weighted by Crippen LogP contribution is -2.44. The number of carbonyl (C=O) groups is 1. The summed E-state index contributed by atoms with van der Waals surface area (Å²) in [6.07, 6.45) is 3.90. The second-order valence-electron chi connectivity index (χ2n) is 4.07. The summed E-state index contributed by atoms with van der Waals surface area (Å²) in [6, 6.07) is -0.345. The van der Waals surface area contributed by atoms with Crippen LogP contribution in [0.1, 0.15) is 6.92 Å². The molecule has 0 saturated carbocycles. The molecule has 2 rings (SSSR count). The van der Waals surface area contributed by atoms with Crippen molar-refractivity contribution in [3.63, 3.8) is 0 Å². The number of hydrogen-bond donors (Lipinski definition) is 0. The standard InChI is InChI=1S/C11H16BrN3O2/c1-4-17-11(16)9-5-10-13(2)6-8(12)7-15(10)14(9)3/h5,7,9H,4,6H2,1-3H3. The van der Waals surface area contributed by atoms with Crippen molar-refractivity contribution in [2.75, 3.05) is 27.2 Å². The highest BCUT2D eigenvalue weighted by Crippen LogP contribution is 2.30. The fourth-order valence-corrected chi connectivity index (χ4v) is 2.58. The van der Waals surface area contributed by atoms with E-state index in [2.05, 4.69) is 20.8 Å². The molecule has 0 fully saturated rings. The molecular weight excluding hydrogens is 286 g/mol. The zero-order valence-corrected chi connectivity index (χ0v) is 11.8. The average molecular weight is 302 g/mol. The minimum Gasteiger partial charge on any atom is -0.465 e. The Kier molecular flexibility index (Phi) is 3.44. The van der Waals surface area contributed by atoms with Crippen LogP contribution in [0, 0.1) is 0 Å². The molecule has 1 atom stereocenters. The lowest BCUT2D eigenvalue weighted by atomic mass is 10.3. The van der Waals surface area contributed by atoms with E-state index in [4.69, 9.17) is 4.74 Å². The summed E-state index contributed by atoms with van der Waals surface area (Å²) in [6.45, 7) is 3.03. The first kappa shape index (κ1) is 12.4. The van der Waals surface area contributed by atoms with Crippen molar-refractivity contribution in [2.45, 2.75) is 13.0 Å². The Bertz CT molecular complexity index is 394. The van der Waals surface area contributed by atoms with E-state index < -0.39 is 0 Å². The Morgan fingerprint density at radius 3 is 2.94 bits per heavy atom. The van der Waals surface area contributed by atoms with Crippen molar-refractivity contribution in [1.29, 1.82) is 0 Å². The third-order valence-corrected chi connectivity index (χ3v) is 3.31. The Labute approximate surface area is 109 Å². The highest BCUT2D eigenvalue weighted by atomic mass is 79.9. The molecule has 17 heavy (non-hydrogen) atoms. The van der Waals surface area contributed by atoms with Gasteiger partial charge in [-0.25, -0.2) is 9.80 Å². The normalized spacial score (nSPS) is 24.4. The van der Waals surface area contributed by atoms with Crippen LogP contribution in [0.5, 0.6) is 0 Å². The minimum absolute atomic E-state index is 0.213. The van der Waals surface area contributed by atoms with Gasteiger partial charge in [-0.05, 0) is 13.0 Å². The molecule has 0 bridgehead atoms. The summed E-state index contributed by atoms with van der Waals surface area (Å²) in [7, 11) is 3.87. The molecule has 2 aliphatic heterocycles. The van der Waals surface area contributed by atoms with Gasteiger partial charge in [0.25, 0.3) is 0 Å². The van der Waals surface area contributed by atoms with Crippen molar-refractivity contribution in [3.8, 4) is 0 Å². The van der Waals surface area contributed by atoms with E-state index in [1.165, 1.54) is 0 Å². The van der Waals surface area contributed by atoms with Crippen molar-refractivity contribution in [3.05, 3.63) is 22.6 Å². The Balaban J connectivity index is 2.23. The summed E-state index contributed by atoms with van der Waals surface area (Å²) in [5, 5.41) is 3.82. The second-order valence-corrected chi connectivity index (χ2v) is 5.09. The van der Waals surface area contributed by atoms with Gasteiger partial charge in [-0.3, -0.25) is 5.01 Å². The summed E-state index contributed by atoms with van der Waals surface area (Å²) in [5.41, 5.74) is 0. The van der Waals surface area contributed by atoms with Crippen molar-refractivity contribution in [2.24, 2.45) is 0 Å². The molecule has 2 aliphatic rings. The van der Waals surface area contributed by atoms with E-state index in [0.717, 1.165) is 16.8 Å². The Morgan fingerprint density at radius 1 is 1.59 bits per heavy atom. The number of rotatable bonds is 2. The van der Waals surface area contributed by atoms with Crippen LogP contribution in [-0.4, -0.2) is 54.2 Å². The van der Waals surface area contributed by atoms with Gasteiger partial charge >= 0.3 is 5.97 Å². The largest absolute Gasteiger partial charge is 0.465 e. The molecule has 0 saturated heterocycles. The van der Waals surface area contributed by atoms with Crippen LogP contribution in [0.2, 0.25) is 0 Å². The van der Waals surface area contributed by atoms with E-state index in [-0.39, 0.29) is 12.0 Å². The molecule has 0 N–H and O–H groups in total. The number of hydrogen-bond acceptors (Lipinski definition) is 5. The highest BCUT2D eigenvalue weighted by molar-refractivity contribution is 9.11. The molecule has 0 aromatic heterocycles. The quantitative estimate of drug-likeness (QED) is 0.714. The number of halogens is 1. The van der Waals surface area contributed by atoms with Crippen molar-refractivity contribution in [1.82, 2.24) is 14.9 Å². The van der Waals surface area contributed by atoms with E-state index in [1.54, 1.807) is 0 Å². The smallest absolute Gasteiger partial charge is 0.329 e. The van der Waals surface area contributed by atoms with E-state index in [9.17, 15) is 4.79 Å². The lowest BCUT2D eigenvalue weighted by Gasteiger charge is -2.36. The van der Waals surface area contributed by atoms with Gasteiger partial charge in [0.05, 0.1) is 13.2 Å². The predicted octanol–water partition coefficient (Wildman–Crippen LogP) is 1.10. The number of carbonyl (C=O) groups excluding carboxylic acids is 1. The molecule has 0 amide bonds. The van der Waals surface area contributed by atoms with Crippen LogP contribution >= 0.6 is 15.9 Å². The number of likely N-dealkylation sites (N-methyl/N-ethyl adjacent to an activating group) is 2. The van der Waals surface area contributed by atoms with Crippen molar-refractivity contribution < 1.29 is 9.53 Å². The monoisotopic (exact) mass is 301 g/mol. The molecular formula is C11H16BrN3O2. The first-order valence-corrected chi connectivity index (χ1v) is 6.31. The van der Waals surface area contributed by atoms with E-state index in [0.29, 0.717) is 6.61 Å².